The monoisotopic (exact) mass is 345 g/mol. The van der Waals surface area contributed by atoms with Crippen LogP contribution >= 0.6 is 15.9 Å². The van der Waals surface area contributed by atoms with Gasteiger partial charge in [0.15, 0.2) is 0 Å². The van der Waals surface area contributed by atoms with Crippen molar-refractivity contribution in [3.63, 3.8) is 0 Å². The van der Waals surface area contributed by atoms with Gasteiger partial charge in [0.2, 0.25) is 0 Å². The molecule has 0 aliphatic carbocycles. The van der Waals surface area contributed by atoms with Gasteiger partial charge in [0, 0.05) is 30.5 Å². The van der Waals surface area contributed by atoms with Crippen molar-refractivity contribution in [2.75, 3.05) is 39.3 Å². The van der Waals surface area contributed by atoms with E-state index < -0.39 is 5.97 Å². The molecule has 1 rings (SSSR count). The summed E-state index contributed by atoms with van der Waals surface area (Å²) in [6.45, 7) is 3.64. The van der Waals surface area contributed by atoms with Gasteiger partial charge in [0.1, 0.15) is 6.61 Å². The lowest BCUT2D eigenvalue weighted by atomic mass is 10.1. The standard InChI is InChI=1S/C14H20BrNO4/c1-10-12(8-11(15)9-13(10)16)14(17)20-7-6-19-5-3-4-18-2/h8-9H,3-7,16H2,1-2H3. The zero-order chi connectivity index (χ0) is 15.0. The summed E-state index contributed by atoms with van der Waals surface area (Å²) in [7, 11) is 1.65. The van der Waals surface area contributed by atoms with Crippen molar-refractivity contribution < 1.29 is 19.0 Å². The van der Waals surface area contributed by atoms with E-state index in [1.165, 1.54) is 0 Å². The van der Waals surface area contributed by atoms with Crippen LogP contribution < -0.4 is 5.73 Å². The van der Waals surface area contributed by atoms with Crippen molar-refractivity contribution in [3.05, 3.63) is 27.7 Å². The number of anilines is 1. The Morgan fingerprint density at radius 2 is 2.00 bits per heavy atom. The second-order valence-electron chi connectivity index (χ2n) is 4.26. The molecule has 0 amide bonds. The van der Waals surface area contributed by atoms with Crippen LogP contribution in [-0.2, 0) is 14.2 Å². The van der Waals surface area contributed by atoms with E-state index in [4.69, 9.17) is 19.9 Å². The first-order valence-electron chi connectivity index (χ1n) is 6.35. The third-order valence-electron chi connectivity index (χ3n) is 2.73. The lowest BCUT2D eigenvalue weighted by Gasteiger charge is -2.10. The molecule has 112 valence electrons. The third kappa shape index (κ3) is 5.48. The van der Waals surface area contributed by atoms with Crippen LogP contribution in [0.1, 0.15) is 22.3 Å². The normalized spacial score (nSPS) is 10.6. The molecular weight excluding hydrogens is 326 g/mol. The summed E-state index contributed by atoms with van der Waals surface area (Å²) >= 11 is 3.31. The zero-order valence-electron chi connectivity index (χ0n) is 11.8. The molecule has 6 heteroatoms. The van der Waals surface area contributed by atoms with Gasteiger partial charge in [0.25, 0.3) is 0 Å². The van der Waals surface area contributed by atoms with Crippen LogP contribution in [0.2, 0.25) is 0 Å². The highest BCUT2D eigenvalue weighted by atomic mass is 79.9. The van der Waals surface area contributed by atoms with Crippen molar-refractivity contribution in [3.8, 4) is 0 Å². The summed E-state index contributed by atoms with van der Waals surface area (Å²) in [6.07, 6.45) is 0.825. The largest absolute Gasteiger partial charge is 0.460 e. The molecule has 5 nitrogen and oxygen atoms in total. The fraction of sp³-hybridized carbons (Fsp3) is 0.500. The number of nitrogen functional groups attached to an aromatic ring is 1. The Hall–Kier alpha value is -1.11. The Morgan fingerprint density at radius 3 is 2.70 bits per heavy atom. The molecule has 0 saturated carbocycles. The van der Waals surface area contributed by atoms with Crippen molar-refractivity contribution in [1.29, 1.82) is 0 Å². The average molecular weight is 346 g/mol. The van der Waals surface area contributed by atoms with Crippen molar-refractivity contribution >= 4 is 27.6 Å². The minimum absolute atomic E-state index is 0.220. The molecule has 0 aromatic heterocycles. The number of benzene rings is 1. The maximum Gasteiger partial charge on any atom is 0.338 e. The highest BCUT2D eigenvalue weighted by Crippen LogP contribution is 2.23. The number of nitrogens with two attached hydrogens (primary N) is 1. The van der Waals surface area contributed by atoms with E-state index in [2.05, 4.69) is 15.9 Å². The van der Waals surface area contributed by atoms with E-state index in [9.17, 15) is 4.79 Å². The number of hydrogen-bond donors (Lipinski definition) is 1. The molecule has 0 atom stereocenters. The molecule has 0 radical (unpaired) electrons. The van der Waals surface area contributed by atoms with Crippen LogP contribution in [0.3, 0.4) is 0 Å². The molecule has 0 aliphatic heterocycles. The van der Waals surface area contributed by atoms with Gasteiger partial charge in [-0.05, 0) is 31.0 Å². The summed E-state index contributed by atoms with van der Waals surface area (Å²) in [5.41, 5.74) is 7.56. The Morgan fingerprint density at radius 1 is 1.25 bits per heavy atom. The van der Waals surface area contributed by atoms with Crippen LogP contribution in [-0.4, -0.2) is 39.5 Å². The number of ether oxygens (including phenoxy) is 3. The molecule has 0 spiro atoms. The third-order valence-corrected chi connectivity index (χ3v) is 3.19. The molecule has 0 aliphatic rings. The molecule has 0 saturated heterocycles. The summed E-state index contributed by atoms with van der Waals surface area (Å²) in [5.74, 6) is -0.393. The van der Waals surface area contributed by atoms with E-state index in [1.807, 2.05) is 0 Å². The van der Waals surface area contributed by atoms with E-state index in [1.54, 1.807) is 26.2 Å². The lowest BCUT2D eigenvalue weighted by Crippen LogP contribution is -2.13. The predicted molar refractivity (Wildman–Crippen MR) is 80.9 cm³/mol. The molecule has 20 heavy (non-hydrogen) atoms. The Kier molecular flexibility index (Phi) is 7.58. The second kappa shape index (κ2) is 8.94. The first kappa shape index (κ1) is 16.9. The summed E-state index contributed by atoms with van der Waals surface area (Å²) in [5, 5.41) is 0. The second-order valence-corrected chi connectivity index (χ2v) is 5.18. The molecule has 0 heterocycles. The Bertz CT molecular complexity index is 451. The van der Waals surface area contributed by atoms with Gasteiger partial charge in [-0.15, -0.1) is 0 Å². The first-order valence-corrected chi connectivity index (χ1v) is 7.15. The maximum atomic E-state index is 11.9. The lowest BCUT2D eigenvalue weighted by molar-refractivity contribution is 0.0287. The number of esters is 1. The molecule has 0 fully saturated rings. The minimum atomic E-state index is -0.393. The summed E-state index contributed by atoms with van der Waals surface area (Å²) in [4.78, 5) is 11.9. The van der Waals surface area contributed by atoms with E-state index in [-0.39, 0.29) is 6.61 Å². The van der Waals surface area contributed by atoms with Gasteiger partial charge in [-0.3, -0.25) is 0 Å². The highest BCUT2D eigenvalue weighted by molar-refractivity contribution is 9.10. The van der Waals surface area contributed by atoms with Crippen LogP contribution in [0, 0.1) is 6.92 Å². The van der Waals surface area contributed by atoms with Crippen molar-refractivity contribution in [2.24, 2.45) is 0 Å². The van der Waals surface area contributed by atoms with Crippen molar-refractivity contribution in [2.45, 2.75) is 13.3 Å². The van der Waals surface area contributed by atoms with Gasteiger partial charge >= 0.3 is 5.97 Å². The number of halogens is 1. The van der Waals surface area contributed by atoms with Gasteiger partial charge in [0.05, 0.1) is 12.2 Å². The molecular formula is C14H20BrNO4. The van der Waals surface area contributed by atoms with E-state index >= 15 is 0 Å². The van der Waals surface area contributed by atoms with Gasteiger partial charge < -0.3 is 19.9 Å². The number of methoxy groups -OCH3 is 1. The maximum absolute atomic E-state index is 11.9. The van der Waals surface area contributed by atoms with Gasteiger partial charge in [-0.1, -0.05) is 15.9 Å². The fourth-order valence-corrected chi connectivity index (χ4v) is 2.07. The summed E-state index contributed by atoms with van der Waals surface area (Å²) < 4.78 is 16.1. The first-order chi connectivity index (χ1) is 9.56. The Balaban J connectivity index is 2.36. The smallest absolute Gasteiger partial charge is 0.338 e. The average Bonchev–Trinajstić information content (AvgIpc) is 2.41. The van der Waals surface area contributed by atoms with Gasteiger partial charge in [-0.25, -0.2) is 4.79 Å². The zero-order valence-corrected chi connectivity index (χ0v) is 13.4. The number of rotatable bonds is 8. The van der Waals surface area contributed by atoms with Crippen LogP contribution in [0.5, 0.6) is 0 Å². The number of hydrogen-bond acceptors (Lipinski definition) is 5. The van der Waals surface area contributed by atoms with Crippen LogP contribution in [0.4, 0.5) is 5.69 Å². The SMILES string of the molecule is COCCCOCCOC(=O)c1cc(Br)cc(N)c1C. The molecule has 1 aromatic carbocycles. The quantitative estimate of drug-likeness (QED) is 0.445. The molecule has 1 aromatic rings. The summed E-state index contributed by atoms with van der Waals surface area (Å²) in [6, 6.07) is 3.46. The van der Waals surface area contributed by atoms with E-state index in [0.717, 1.165) is 16.5 Å². The Labute approximate surface area is 127 Å². The topological polar surface area (TPSA) is 70.8 Å². The number of carbonyl (C=O) groups excluding carboxylic acids is 1. The van der Waals surface area contributed by atoms with Crippen LogP contribution in [0.25, 0.3) is 0 Å². The number of carbonyl (C=O) groups is 1. The molecule has 2 N–H and O–H groups in total. The minimum Gasteiger partial charge on any atom is -0.460 e. The van der Waals surface area contributed by atoms with Gasteiger partial charge in [-0.2, -0.15) is 0 Å². The highest BCUT2D eigenvalue weighted by Gasteiger charge is 2.13. The van der Waals surface area contributed by atoms with E-state index in [0.29, 0.717) is 31.1 Å². The van der Waals surface area contributed by atoms with Crippen LogP contribution in [0.15, 0.2) is 16.6 Å². The van der Waals surface area contributed by atoms with Crippen molar-refractivity contribution in [1.82, 2.24) is 0 Å². The fourth-order valence-electron chi connectivity index (χ4n) is 1.59. The predicted octanol–water partition coefficient (Wildman–Crippen LogP) is 2.55. The molecule has 0 unspecified atom stereocenters. The molecule has 0 bridgehead atoms.